The molecule has 298 valence electrons. The highest BCUT2D eigenvalue weighted by atomic mass is 32.1. The van der Waals surface area contributed by atoms with Gasteiger partial charge in [-0.3, -0.25) is 0 Å². The Balaban J connectivity index is 0.968. The molecular formula is C61H42OS. The standard InChI is InChI=1S/C61H42OS/c1-37-15-9-10-16-40(37)33-38(2)44-17-7-5-6-8-18-45(47-20-12-11-19-46(44)47)43-26-31-53-52(34-43)48-28-24-41(35-54(48)61(53,3)4)42-25-30-51-56(36-42)62-55-32-27-39-23-29-50-49-21-13-14-22-57(49)63-60(50)58(39)59(51)55/h5-36H,1-2H2,3-4H3/b6-5?,7-5?,8-6?,17-7?,18-8?,40-33-,44-17?,45-18?,46-44?,47-45?. The summed E-state index contributed by atoms with van der Waals surface area (Å²) < 4.78 is 9.32. The maximum atomic E-state index is 6.69. The highest BCUT2D eigenvalue weighted by molar-refractivity contribution is 7.26. The smallest absolute Gasteiger partial charge is 0.136 e. The van der Waals surface area contributed by atoms with Crippen LogP contribution >= 0.6 is 11.3 Å². The van der Waals surface area contributed by atoms with Crippen LogP contribution in [0.2, 0.25) is 0 Å². The lowest BCUT2D eigenvalue weighted by Crippen LogP contribution is -2.21. The van der Waals surface area contributed by atoms with E-state index in [1.165, 1.54) is 75.3 Å². The van der Waals surface area contributed by atoms with E-state index in [0.29, 0.717) is 0 Å². The van der Waals surface area contributed by atoms with Crippen molar-refractivity contribution in [3.63, 3.8) is 0 Å². The highest BCUT2D eigenvalue weighted by Gasteiger charge is 2.36. The summed E-state index contributed by atoms with van der Waals surface area (Å²) in [6.45, 7) is 13.6. The second-order valence-corrected chi connectivity index (χ2v) is 18.4. The molecule has 0 saturated heterocycles. The molecule has 0 saturated carbocycles. The first-order valence-electron chi connectivity index (χ1n) is 21.6. The lowest BCUT2D eigenvalue weighted by molar-refractivity contribution is 0.660. The predicted octanol–water partition coefficient (Wildman–Crippen LogP) is 15.9. The molecule has 2 heterocycles. The second kappa shape index (κ2) is 14.3. The molecule has 0 amide bonds. The van der Waals surface area contributed by atoms with Crippen molar-refractivity contribution in [1.29, 1.82) is 0 Å². The first-order chi connectivity index (χ1) is 30.8. The van der Waals surface area contributed by atoms with Gasteiger partial charge in [0, 0.05) is 41.7 Å². The number of hydrogen-bond acceptors (Lipinski definition) is 2. The number of fused-ring (bicyclic) bond motifs is 13. The van der Waals surface area contributed by atoms with Gasteiger partial charge in [0.15, 0.2) is 0 Å². The van der Waals surface area contributed by atoms with Gasteiger partial charge < -0.3 is 4.42 Å². The molecule has 0 N–H and O–H groups in total. The lowest BCUT2D eigenvalue weighted by Gasteiger charge is -2.22. The number of allylic oxidation sites excluding steroid dienone is 1. The molecular weight excluding hydrogens is 781 g/mol. The molecule has 0 bridgehead atoms. The van der Waals surface area contributed by atoms with Gasteiger partial charge in [0.1, 0.15) is 11.2 Å². The first kappa shape index (κ1) is 37.3. The Morgan fingerprint density at radius 2 is 1.21 bits per heavy atom. The van der Waals surface area contributed by atoms with E-state index in [-0.39, 0.29) is 5.41 Å². The van der Waals surface area contributed by atoms with Crippen molar-refractivity contribution in [2.24, 2.45) is 0 Å². The van der Waals surface area contributed by atoms with Crippen LogP contribution in [0.15, 0.2) is 199 Å². The van der Waals surface area contributed by atoms with Gasteiger partial charge in [-0.15, -0.1) is 11.3 Å². The topological polar surface area (TPSA) is 13.1 Å². The SMILES string of the molecule is C=C(/C=c1/ccccc1=C)c1ccccccc(-c2ccc3c(c2)-c2ccc(-c4ccc5c(c4)oc4ccc6ccc7c8ccccc8sc7c6c45)cc2C3(C)C)c2ccccc12. The van der Waals surface area contributed by atoms with Crippen molar-refractivity contribution in [2.45, 2.75) is 19.3 Å². The number of rotatable bonds is 4. The van der Waals surface area contributed by atoms with Gasteiger partial charge in [-0.1, -0.05) is 179 Å². The van der Waals surface area contributed by atoms with Crippen molar-refractivity contribution in [3.8, 4) is 33.4 Å². The molecule has 0 fully saturated rings. The Hall–Kier alpha value is -7.52. The van der Waals surface area contributed by atoms with Crippen LogP contribution in [0.4, 0.5) is 0 Å². The monoisotopic (exact) mass is 822 g/mol. The Morgan fingerprint density at radius 3 is 2.08 bits per heavy atom. The van der Waals surface area contributed by atoms with Gasteiger partial charge in [-0.25, -0.2) is 0 Å². The minimum Gasteiger partial charge on any atom is -0.456 e. The summed E-state index contributed by atoms with van der Waals surface area (Å²) in [5.74, 6) is 0. The summed E-state index contributed by atoms with van der Waals surface area (Å²) in [5.41, 5.74) is 13.6. The number of benzene rings is 8. The summed E-state index contributed by atoms with van der Waals surface area (Å²) >= 11 is 1.88. The van der Waals surface area contributed by atoms with Gasteiger partial charge in [0.25, 0.3) is 0 Å². The average Bonchev–Trinajstić information content (AvgIpc) is 3.95. The van der Waals surface area contributed by atoms with Crippen molar-refractivity contribution >= 4 is 93.2 Å². The normalized spacial score (nSPS) is 13.3. The second-order valence-electron chi connectivity index (χ2n) is 17.4. The molecule has 12 rings (SSSR count). The predicted molar refractivity (Wildman–Crippen MR) is 272 cm³/mol. The summed E-state index contributed by atoms with van der Waals surface area (Å²) in [6.07, 6.45) is 2.15. The van der Waals surface area contributed by atoms with E-state index in [0.717, 1.165) is 54.5 Å². The average molecular weight is 823 g/mol. The van der Waals surface area contributed by atoms with Gasteiger partial charge in [0.2, 0.25) is 0 Å². The minimum atomic E-state index is -0.182. The molecule has 1 aliphatic rings. The molecule has 2 heteroatoms. The van der Waals surface area contributed by atoms with Crippen LogP contribution in [0.1, 0.15) is 30.5 Å². The van der Waals surface area contributed by atoms with Crippen LogP contribution in [0, 0.1) is 0 Å². The molecule has 0 spiro atoms. The molecule has 0 unspecified atom stereocenters. The van der Waals surface area contributed by atoms with E-state index in [4.69, 9.17) is 4.42 Å². The zero-order valence-electron chi connectivity index (χ0n) is 35.2. The molecule has 0 radical (unpaired) electrons. The molecule has 0 atom stereocenters. The third kappa shape index (κ3) is 5.90. The van der Waals surface area contributed by atoms with E-state index in [1.807, 2.05) is 29.5 Å². The van der Waals surface area contributed by atoms with E-state index < -0.39 is 0 Å². The fourth-order valence-electron chi connectivity index (χ4n) is 10.2. The van der Waals surface area contributed by atoms with Crippen molar-refractivity contribution < 1.29 is 4.42 Å². The first-order valence-corrected chi connectivity index (χ1v) is 22.4. The Kier molecular flexibility index (Phi) is 8.44. The van der Waals surface area contributed by atoms with Crippen LogP contribution < -0.4 is 10.4 Å². The van der Waals surface area contributed by atoms with Crippen LogP contribution in [-0.2, 0) is 5.41 Å². The highest BCUT2D eigenvalue weighted by Crippen LogP contribution is 2.51. The summed E-state index contributed by atoms with van der Waals surface area (Å²) in [4.78, 5) is 0. The minimum absolute atomic E-state index is 0.182. The largest absolute Gasteiger partial charge is 0.456 e. The fraction of sp³-hybridized carbons (Fsp3) is 0.0492. The maximum Gasteiger partial charge on any atom is 0.136 e. The van der Waals surface area contributed by atoms with Crippen LogP contribution in [0.5, 0.6) is 0 Å². The third-order valence-corrected chi connectivity index (χ3v) is 14.6. The zero-order valence-corrected chi connectivity index (χ0v) is 36.0. The third-order valence-electron chi connectivity index (χ3n) is 13.4. The van der Waals surface area contributed by atoms with Crippen molar-refractivity contribution in [3.05, 3.63) is 222 Å². The Bertz CT molecular complexity index is 3930. The number of furan rings is 1. The maximum absolute atomic E-state index is 6.69. The van der Waals surface area contributed by atoms with Crippen LogP contribution in [0.3, 0.4) is 0 Å². The molecule has 9 aromatic carbocycles. The molecule has 2 aromatic heterocycles. The molecule has 11 aromatic rings. The van der Waals surface area contributed by atoms with Gasteiger partial charge in [-0.05, 0) is 125 Å². The zero-order chi connectivity index (χ0) is 42.4. The van der Waals surface area contributed by atoms with E-state index >= 15 is 0 Å². The Morgan fingerprint density at radius 1 is 0.508 bits per heavy atom. The van der Waals surface area contributed by atoms with E-state index in [1.54, 1.807) is 0 Å². The van der Waals surface area contributed by atoms with E-state index in [2.05, 4.69) is 203 Å². The van der Waals surface area contributed by atoms with Crippen LogP contribution in [-0.4, -0.2) is 0 Å². The molecule has 1 aliphatic carbocycles. The summed E-state index contributed by atoms with van der Waals surface area (Å²) in [7, 11) is 0. The van der Waals surface area contributed by atoms with Crippen molar-refractivity contribution in [1.82, 2.24) is 0 Å². The van der Waals surface area contributed by atoms with Gasteiger partial charge >= 0.3 is 0 Å². The van der Waals surface area contributed by atoms with Gasteiger partial charge in [0.05, 0.1) is 0 Å². The van der Waals surface area contributed by atoms with Gasteiger partial charge in [-0.2, -0.15) is 0 Å². The van der Waals surface area contributed by atoms with Crippen LogP contribution in [0.25, 0.3) is 115 Å². The summed E-state index contributed by atoms with van der Waals surface area (Å²) in [6, 6.07) is 68.2. The molecule has 63 heavy (non-hydrogen) atoms. The fourth-order valence-corrected chi connectivity index (χ4v) is 11.4. The lowest BCUT2D eigenvalue weighted by atomic mass is 9.81. The molecule has 1 nitrogen and oxygen atoms in total. The van der Waals surface area contributed by atoms with Crippen molar-refractivity contribution in [2.75, 3.05) is 0 Å². The Labute approximate surface area is 370 Å². The number of hydrogen-bond donors (Lipinski definition) is 0. The number of thiophene rings is 1. The quantitative estimate of drug-likeness (QED) is 0.172. The molecule has 0 aliphatic heterocycles. The van der Waals surface area contributed by atoms with E-state index in [9.17, 15) is 0 Å². The summed E-state index contributed by atoms with van der Waals surface area (Å²) in [5, 5.41) is 11.8.